The molecule has 1 aliphatic heterocycles. The highest BCUT2D eigenvalue weighted by Crippen LogP contribution is 2.25. The van der Waals surface area contributed by atoms with Crippen molar-refractivity contribution in [1.29, 1.82) is 5.26 Å². The number of nitriles is 1. The van der Waals surface area contributed by atoms with Crippen LogP contribution in [-0.4, -0.2) is 38.7 Å². The van der Waals surface area contributed by atoms with E-state index in [0.29, 0.717) is 6.54 Å². The van der Waals surface area contributed by atoms with Gasteiger partial charge in [0.25, 0.3) is 5.56 Å². The van der Waals surface area contributed by atoms with Gasteiger partial charge in [-0.15, -0.1) is 0 Å². The number of para-hydroxylation sites is 1. The molecule has 0 amide bonds. The van der Waals surface area contributed by atoms with E-state index < -0.39 is 0 Å². The smallest absolute Gasteiger partial charge is 0.250 e. The minimum Gasteiger partial charge on any atom is -0.314 e. The fraction of sp³-hybridized carbons (Fsp3) is 0.269. The Balaban J connectivity index is 1.36. The Morgan fingerprint density at radius 2 is 1.75 bits per heavy atom. The highest BCUT2D eigenvalue weighted by Gasteiger charge is 2.18. The lowest BCUT2D eigenvalue weighted by molar-refractivity contribution is 0.198. The molecule has 4 aromatic rings. The third-order valence-electron chi connectivity index (χ3n) is 6.33. The Labute approximate surface area is 187 Å². The molecule has 32 heavy (non-hydrogen) atoms. The molecule has 1 fully saturated rings. The molecule has 0 unspecified atom stereocenters. The Morgan fingerprint density at radius 3 is 2.53 bits per heavy atom. The monoisotopic (exact) mass is 423 g/mol. The number of likely N-dealkylation sites (tertiary alicyclic amines) is 1. The average Bonchev–Trinajstić information content (AvgIpc) is 3.28. The van der Waals surface area contributed by atoms with Crippen LogP contribution in [0.4, 0.5) is 0 Å². The molecule has 0 saturated carbocycles. The number of imidazole rings is 1. The fourth-order valence-electron chi connectivity index (χ4n) is 4.40. The summed E-state index contributed by atoms with van der Waals surface area (Å²) < 4.78 is 3.87. The normalized spacial score (nSPS) is 15.1. The van der Waals surface area contributed by atoms with E-state index in [0.717, 1.165) is 60.3 Å². The Morgan fingerprint density at radius 1 is 0.969 bits per heavy atom. The van der Waals surface area contributed by atoms with E-state index >= 15 is 0 Å². The van der Waals surface area contributed by atoms with Crippen molar-refractivity contribution in [2.75, 3.05) is 19.6 Å². The van der Waals surface area contributed by atoms with Crippen molar-refractivity contribution in [3.63, 3.8) is 0 Å². The molecule has 1 saturated heterocycles. The summed E-state index contributed by atoms with van der Waals surface area (Å²) in [7, 11) is 0. The van der Waals surface area contributed by atoms with Crippen molar-refractivity contribution in [3.8, 4) is 22.9 Å². The third kappa shape index (κ3) is 4.08. The summed E-state index contributed by atoms with van der Waals surface area (Å²) in [5, 5.41) is 9.07. The summed E-state index contributed by atoms with van der Waals surface area (Å²) in [6, 6.07) is 22.3. The zero-order valence-electron chi connectivity index (χ0n) is 17.9. The van der Waals surface area contributed by atoms with E-state index in [9.17, 15) is 4.79 Å². The van der Waals surface area contributed by atoms with Gasteiger partial charge in [0.05, 0.1) is 17.1 Å². The maximum atomic E-state index is 12.4. The van der Waals surface area contributed by atoms with Crippen molar-refractivity contribution in [3.05, 3.63) is 83.5 Å². The lowest BCUT2D eigenvalue weighted by Crippen LogP contribution is -2.36. The Kier molecular flexibility index (Phi) is 5.57. The van der Waals surface area contributed by atoms with Crippen molar-refractivity contribution >= 4 is 11.0 Å². The van der Waals surface area contributed by atoms with Crippen LogP contribution in [-0.2, 0) is 6.54 Å². The predicted octanol–water partition coefficient (Wildman–Crippen LogP) is 4.09. The number of fused-ring (bicyclic) bond motifs is 1. The topological polar surface area (TPSA) is 66.8 Å². The summed E-state index contributed by atoms with van der Waals surface area (Å²) in [5.41, 5.74) is 5.10. The number of piperidine rings is 1. The van der Waals surface area contributed by atoms with Crippen LogP contribution in [0.5, 0.6) is 0 Å². The number of hydrogen-bond donors (Lipinski definition) is 0. The molecule has 2 aromatic heterocycles. The fourth-order valence-corrected chi connectivity index (χ4v) is 4.40. The van der Waals surface area contributed by atoms with Crippen LogP contribution in [0.25, 0.3) is 27.8 Å². The zero-order chi connectivity index (χ0) is 21.9. The van der Waals surface area contributed by atoms with Crippen LogP contribution in [0, 0.1) is 17.2 Å². The largest absolute Gasteiger partial charge is 0.314 e. The van der Waals surface area contributed by atoms with Crippen molar-refractivity contribution < 1.29 is 0 Å². The molecule has 0 spiro atoms. The van der Waals surface area contributed by atoms with E-state index in [-0.39, 0.29) is 11.5 Å². The van der Waals surface area contributed by atoms with E-state index in [4.69, 9.17) is 5.26 Å². The number of rotatable bonds is 5. The molecule has 6 nitrogen and oxygen atoms in total. The van der Waals surface area contributed by atoms with E-state index in [1.807, 2.05) is 36.8 Å². The predicted molar refractivity (Wildman–Crippen MR) is 126 cm³/mol. The van der Waals surface area contributed by atoms with Crippen LogP contribution in [0.3, 0.4) is 0 Å². The first kappa shape index (κ1) is 20.2. The highest BCUT2D eigenvalue weighted by atomic mass is 16.1. The van der Waals surface area contributed by atoms with Crippen LogP contribution in [0.2, 0.25) is 0 Å². The number of aromatic nitrogens is 3. The summed E-state index contributed by atoms with van der Waals surface area (Å²) in [4.78, 5) is 19.4. The maximum Gasteiger partial charge on any atom is 0.250 e. The molecule has 0 aliphatic carbocycles. The van der Waals surface area contributed by atoms with Crippen molar-refractivity contribution in [2.45, 2.75) is 19.4 Å². The van der Waals surface area contributed by atoms with Gasteiger partial charge < -0.3 is 9.47 Å². The van der Waals surface area contributed by atoms with Gasteiger partial charge in [0.1, 0.15) is 6.33 Å². The average molecular weight is 424 g/mol. The second-order valence-corrected chi connectivity index (χ2v) is 8.35. The second kappa shape index (κ2) is 8.81. The lowest BCUT2D eigenvalue weighted by Gasteiger charge is -2.29. The number of hydrogen-bond acceptors (Lipinski definition) is 4. The van der Waals surface area contributed by atoms with Gasteiger partial charge in [-0.2, -0.15) is 5.26 Å². The van der Waals surface area contributed by atoms with Crippen LogP contribution in [0.15, 0.2) is 78.0 Å². The number of nitrogens with zero attached hydrogens (tertiary/aromatic N) is 5. The minimum atomic E-state index is 0.00935. The molecule has 5 rings (SSSR count). The van der Waals surface area contributed by atoms with Gasteiger partial charge in [-0.25, -0.2) is 4.98 Å². The van der Waals surface area contributed by atoms with Gasteiger partial charge in [0.15, 0.2) is 0 Å². The van der Waals surface area contributed by atoms with E-state index in [1.54, 1.807) is 10.6 Å². The quantitative estimate of drug-likeness (QED) is 0.485. The van der Waals surface area contributed by atoms with Crippen molar-refractivity contribution in [2.24, 2.45) is 5.92 Å². The van der Waals surface area contributed by atoms with Crippen LogP contribution < -0.4 is 5.56 Å². The Hall–Kier alpha value is -3.69. The molecule has 2 aromatic carbocycles. The maximum absolute atomic E-state index is 12.4. The molecule has 6 heteroatoms. The summed E-state index contributed by atoms with van der Waals surface area (Å²) in [6.45, 7) is 3.32. The standard InChI is InChI=1S/C26H25N5O/c27-17-20-10-12-29(13-11-20)14-15-30-18-22(7-9-26(30)32)21-6-8-25-24(16-21)28-19-31(25)23-4-2-1-3-5-23/h1-9,16,18-20H,10-15H2. The number of benzene rings is 2. The first-order chi connectivity index (χ1) is 15.7. The molecule has 0 bridgehead atoms. The lowest BCUT2D eigenvalue weighted by atomic mass is 9.99. The van der Waals surface area contributed by atoms with Gasteiger partial charge in [-0.3, -0.25) is 9.36 Å². The SMILES string of the molecule is N#CC1CCN(CCn2cc(-c3ccc4c(c3)ncn4-c3ccccc3)ccc2=O)CC1. The first-order valence-electron chi connectivity index (χ1n) is 11.1. The Bertz CT molecular complexity index is 1320. The summed E-state index contributed by atoms with van der Waals surface area (Å²) in [5.74, 6) is 0.178. The zero-order valence-corrected chi connectivity index (χ0v) is 17.9. The van der Waals surface area contributed by atoms with Gasteiger partial charge in [-0.05, 0) is 67.4 Å². The molecule has 0 radical (unpaired) electrons. The minimum absolute atomic E-state index is 0.00935. The van der Waals surface area contributed by atoms with Gasteiger partial charge in [0, 0.05) is 37.0 Å². The van der Waals surface area contributed by atoms with Crippen LogP contribution >= 0.6 is 0 Å². The molecule has 160 valence electrons. The molecule has 0 atom stereocenters. The first-order valence-corrected chi connectivity index (χ1v) is 11.1. The van der Waals surface area contributed by atoms with E-state index in [1.165, 1.54) is 0 Å². The van der Waals surface area contributed by atoms with Gasteiger partial charge >= 0.3 is 0 Å². The summed E-state index contributed by atoms with van der Waals surface area (Å²) >= 11 is 0. The highest BCUT2D eigenvalue weighted by molar-refractivity contribution is 5.83. The molecule has 3 heterocycles. The van der Waals surface area contributed by atoms with E-state index in [2.05, 4.69) is 50.9 Å². The van der Waals surface area contributed by atoms with Crippen LogP contribution in [0.1, 0.15) is 12.8 Å². The summed E-state index contributed by atoms with van der Waals surface area (Å²) in [6.07, 6.45) is 5.63. The molecule has 0 N–H and O–H groups in total. The van der Waals surface area contributed by atoms with Gasteiger partial charge in [0.2, 0.25) is 0 Å². The number of pyridine rings is 1. The second-order valence-electron chi connectivity index (χ2n) is 8.35. The third-order valence-corrected chi connectivity index (χ3v) is 6.33. The molecule has 1 aliphatic rings. The van der Waals surface area contributed by atoms with Gasteiger partial charge in [-0.1, -0.05) is 24.3 Å². The van der Waals surface area contributed by atoms with Crippen molar-refractivity contribution in [1.82, 2.24) is 19.0 Å². The molecular weight excluding hydrogens is 398 g/mol. The molecular formula is C26H25N5O.